The number of fused-ring (bicyclic) bond motifs is 3. The molecule has 0 unspecified atom stereocenters. The van der Waals surface area contributed by atoms with Crippen LogP contribution in [0.2, 0.25) is 0 Å². The van der Waals surface area contributed by atoms with E-state index in [1.54, 1.807) is 0 Å². The Morgan fingerprint density at radius 3 is 2.21 bits per heavy atom. The molecule has 4 rings (SSSR count). The average Bonchev–Trinajstić information content (AvgIpc) is 3.18. The van der Waals surface area contributed by atoms with Gasteiger partial charge in [0.05, 0.1) is 6.61 Å². The highest BCUT2D eigenvalue weighted by molar-refractivity contribution is 5.85. The predicted molar refractivity (Wildman–Crippen MR) is 125 cm³/mol. The van der Waals surface area contributed by atoms with E-state index in [1.807, 2.05) is 24.3 Å². The number of hydrogen-bond donors (Lipinski definition) is 4. The molecular weight excluding hydrogens is 436 g/mol. The monoisotopic (exact) mass is 466 g/mol. The van der Waals surface area contributed by atoms with Crippen molar-refractivity contribution < 1.29 is 29.3 Å². The third kappa shape index (κ3) is 5.07. The van der Waals surface area contributed by atoms with E-state index in [1.165, 1.54) is 0 Å². The Bertz CT molecular complexity index is 1010. The van der Waals surface area contributed by atoms with Gasteiger partial charge in [-0.1, -0.05) is 61.4 Å². The first-order chi connectivity index (χ1) is 16.5. The molecule has 2 aliphatic carbocycles. The van der Waals surface area contributed by atoms with E-state index in [2.05, 4.69) is 34.9 Å². The number of hydrogen-bond acceptors (Lipinski definition) is 5. The van der Waals surface area contributed by atoms with Gasteiger partial charge in [0.15, 0.2) is 0 Å². The molecule has 2 amide bonds. The third-order valence-corrected chi connectivity index (χ3v) is 6.90. The summed E-state index contributed by atoms with van der Waals surface area (Å²) in [4.78, 5) is 36.3. The van der Waals surface area contributed by atoms with Crippen molar-refractivity contribution in [3.8, 4) is 11.1 Å². The second-order valence-electron chi connectivity index (χ2n) is 8.94. The number of rotatable bonds is 8. The second-order valence-corrected chi connectivity index (χ2v) is 8.94. The van der Waals surface area contributed by atoms with E-state index in [0.29, 0.717) is 6.42 Å². The summed E-state index contributed by atoms with van der Waals surface area (Å²) in [5, 5.41) is 23.5. The minimum atomic E-state index is -1.33. The van der Waals surface area contributed by atoms with Gasteiger partial charge in [0.1, 0.15) is 12.6 Å². The first-order valence-electron chi connectivity index (χ1n) is 11.7. The van der Waals surface area contributed by atoms with Gasteiger partial charge in [0.2, 0.25) is 5.91 Å². The fraction of sp³-hybridized carbons (Fsp3) is 0.423. The van der Waals surface area contributed by atoms with Crippen molar-refractivity contribution in [2.75, 3.05) is 19.8 Å². The number of nitrogens with one attached hydrogen (secondary N) is 2. The molecule has 1 saturated carbocycles. The van der Waals surface area contributed by atoms with Gasteiger partial charge in [-0.2, -0.15) is 0 Å². The Morgan fingerprint density at radius 2 is 1.59 bits per heavy atom. The fourth-order valence-corrected chi connectivity index (χ4v) is 5.13. The second kappa shape index (κ2) is 10.7. The molecule has 4 N–H and O–H groups in total. The van der Waals surface area contributed by atoms with Crippen LogP contribution in [-0.4, -0.2) is 54.0 Å². The van der Waals surface area contributed by atoms with Crippen molar-refractivity contribution in [3.05, 3.63) is 59.7 Å². The van der Waals surface area contributed by atoms with Crippen LogP contribution < -0.4 is 10.6 Å². The number of ether oxygens (including phenoxy) is 1. The Morgan fingerprint density at radius 1 is 0.971 bits per heavy atom. The zero-order valence-corrected chi connectivity index (χ0v) is 18.9. The lowest BCUT2D eigenvalue weighted by molar-refractivity contribution is -0.144. The molecule has 0 aliphatic heterocycles. The molecule has 0 spiro atoms. The summed E-state index contributed by atoms with van der Waals surface area (Å²) in [6, 6.07) is 14.9. The van der Waals surface area contributed by atoms with Crippen molar-refractivity contribution in [3.63, 3.8) is 0 Å². The van der Waals surface area contributed by atoms with Crippen LogP contribution in [0.5, 0.6) is 0 Å². The minimum Gasteiger partial charge on any atom is -0.480 e. The molecule has 0 aromatic heterocycles. The number of carbonyl (C=O) groups excluding carboxylic acids is 2. The van der Waals surface area contributed by atoms with Crippen LogP contribution in [0.4, 0.5) is 4.79 Å². The van der Waals surface area contributed by atoms with E-state index < -0.39 is 36.5 Å². The van der Waals surface area contributed by atoms with E-state index in [4.69, 9.17) is 9.84 Å². The van der Waals surface area contributed by atoms with E-state index >= 15 is 0 Å². The summed E-state index contributed by atoms with van der Waals surface area (Å²) in [6.45, 7) is -0.187. The van der Waals surface area contributed by atoms with Gasteiger partial charge >= 0.3 is 12.1 Å². The van der Waals surface area contributed by atoms with Gasteiger partial charge in [-0.25, -0.2) is 9.59 Å². The number of amides is 2. The van der Waals surface area contributed by atoms with E-state index in [0.717, 1.165) is 41.5 Å². The van der Waals surface area contributed by atoms with Gasteiger partial charge in [-0.3, -0.25) is 4.79 Å². The summed E-state index contributed by atoms with van der Waals surface area (Å²) in [6.07, 6.45) is 2.61. The third-order valence-electron chi connectivity index (χ3n) is 6.90. The number of alkyl carbamates (subject to hydrolysis) is 1. The van der Waals surface area contributed by atoms with Crippen LogP contribution in [0.3, 0.4) is 0 Å². The van der Waals surface area contributed by atoms with Crippen LogP contribution in [0.15, 0.2) is 48.5 Å². The number of carboxylic acid groups (broad SMARTS) is 1. The molecule has 0 saturated heterocycles. The maximum absolute atomic E-state index is 12.6. The maximum atomic E-state index is 12.6. The molecule has 180 valence electrons. The van der Waals surface area contributed by atoms with Gasteiger partial charge in [0.25, 0.3) is 0 Å². The van der Waals surface area contributed by atoms with Crippen molar-refractivity contribution in [2.24, 2.45) is 11.8 Å². The first kappa shape index (κ1) is 23.8. The molecular formula is C26H30N2O6. The molecule has 2 aromatic carbocycles. The van der Waals surface area contributed by atoms with Crippen molar-refractivity contribution in [1.29, 1.82) is 0 Å². The van der Waals surface area contributed by atoms with E-state index in [9.17, 15) is 19.5 Å². The lowest BCUT2D eigenvalue weighted by Crippen LogP contribution is -2.49. The summed E-state index contributed by atoms with van der Waals surface area (Å²) in [5.41, 5.74) is 4.59. The molecule has 34 heavy (non-hydrogen) atoms. The van der Waals surface area contributed by atoms with Crippen LogP contribution in [0.25, 0.3) is 11.1 Å². The first-order valence-corrected chi connectivity index (χ1v) is 11.7. The van der Waals surface area contributed by atoms with Crippen LogP contribution in [-0.2, 0) is 14.3 Å². The quantitative estimate of drug-likeness (QED) is 0.474. The van der Waals surface area contributed by atoms with E-state index in [-0.39, 0.29) is 25.0 Å². The molecule has 0 heterocycles. The zero-order valence-electron chi connectivity index (χ0n) is 18.9. The fourth-order valence-electron chi connectivity index (χ4n) is 5.13. The number of benzene rings is 2. The molecule has 8 nitrogen and oxygen atoms in total. The van der Waals surface area contributed by atoms with Crippen molar-refractivity contribution >= 4 is 18.0 Å². The van der Waals surface area contributed by atoms with Crippen LogP contribution >= 0.6 is 0 Å². The highest BCUT2D eigenvalue weighted by Crippen LogP contribution is 2.44. The average molecular weight is 467 g/mol. The largest absolute Gasteiger partial charge is 0.480 e. The molecule has 1 fully saturated rings. The van der Waals surface area contributed by atoms with Gasteiger partial charge in [0, 0.05) is 18.4 Å². The Labute approximate surface area is 198 Å². The standard InChI is InChI=1S/C26H30N2O6/c29-14-23(25(31)32)28-24(30)17-8-2-1-7-16(17)13-27-26(33)34-15-22-20-11-5-3-9-18(20)19-10-4-6-12-21(19)22/h3-6,9-12,16-17,22-23,29H,1-2,7-8,13-15H2,(H,27,33)(H,28,30)(H,31,32)/t16-,17-,23-/m0/s1. The zero-order chi connectivity index (χ0) is 24.1. The number of carbonyl (C=O) groups is 3. The number of aliphatic carboxylic acids is 1. The molecule has 0 radical (unpaired) electrons. The lowest BCUT2D eigenvalue weighted by atomic mass is 9.78. The van der Waals surface area contributed by atoms with Gasteiger partial charge in [-0.05, 0) is 41.0 Å². The number of aliphatic hydroxyl groups is 1. The summed E-state index contributed by atoms with van der Waals surface area (Å²) in [5.74, 6) is -2.25. The summed E-state index contributed by atoms with van der Waals surface area (Å²) in [7, 11) is 0. The summed E-state index contributed by atoms with van der Waals surface area (Å²) < 4.78 is 5.58. The van der Waals surface area contributed by atoms with Crippen LogP contribution in [0.1, 0.15) is 42.7 Å². The van der Waals surface area contributed by atoms with Crippen molar-refractivity contribution in [2.45, 2.75) is 37.6 Å². The number of aliphatic hydroxyl groups excluding tert-OH is 1. The summed E-state index contributed by atoms with van der Waals surface area (Å²) >= 11 is 0. The minimum absolute atomic E-state index is 0.0298. The Balaban J connectivity index is 1.33. The number of carboxylic acids is 1. The topological polar surface area (TPSA) is 125 Å². The molecule has 2 aliphatic rings. The molecule has 3 atom stereocenters. The van der Waals surface area contributed by atoms with Gasteiger partial charge < -0.3 is 25.6 Å². The highest BCUT2D eigenvalue weighted by atomic mass is 16.5. The predicted octanol–water partition coefficient (Wildman–Crippen LogP) is 2.89. The smallest absolute Gasteiger partial charge is 0.407 e. The van der Waals surface area contributed by atoms with Crippen LogP contribution in [0, 0.1) is 11.8 Å². The van der Waals surface area contributed by atoms with Gasteiger partial charge in [-0.15, -0.1) is 0 Å². The molecule has 0 bridgehead atoms. The molecule has 8 heteroatoms. The Kier molecular flexibility index (Phi) is 7.47. The Hall–Kier alpha value is -3.39. The lowest BCUT2D eigenvalue weighted by Gasteiger charge is -2.31. The maximum Gasteiger partial charge on any atom is 0.407 e. The molecule has 2 aromatic rings. The highest BCUT2D eigenvalue weighted by Gasteiger charge is 2.34. The SMILES string of the molecule is O=C(NC[C@@H]1CCCC[C@@H]1C(=O)N[C@@H](CO)C(=O)O)OCC1c2ccccc2-c2ccccc21. The normalized spacial score (nSPS) is 20.0. The van der Waals surface area contributed by atoms with Crippen molar-refractivity contribution in [1.82, 2.24) is 10.6 Å².